The second-order valence-electron chi connectivity index (χ2n) is 6.37. The molecule has 1 aromatic rings. The van der Waals surface area contributed by atoms with Crippen LogP contribution in [0.15, 0.2) is 24.3 Å². The summed E-state index contributed by atoms with van der Waals surface area (Å²) in [6.45, 7) is 6.76. The number of hydrogen-bond acceptors (Lipinski definition) is 2. The molecular weight excluding hydrogens is 238 g/mol. The van der Waals surface area contributed by atoms with Gasteiger partial charge in [0.1, 0.15) is 0 Å². The Bertz CT molecular complexity index is 371. The second-order valence-corrected chi connectivity index (χ2v) is 7.71. The van der Waals surface area contributed by atoms with Gasteiger partial charge in [-0.2, -0.15) is 11.8 Å². The van der Waals surface area contributed by atoms with Crippen LogP contribution in [0.3, 0.4) is 0 Å². The zero-order valence-electron chi connectivity index (χ0n) is 11.8. The van der Waals surface area contributed by atoms with Gasteiger partial charge in [0.25, 0.3) is 0 Å². The fourth-order valence-corrected chi connectivity index (χ4v) is 3.80. The van der Waals surface area contributed by atoms with Gasteiger partial charge in [0, 0.05) is 11.3 Å². The molecule has 1 aromatic carbocycles. The van der Waals surface area contributed by atoms with Gasteiger partial charge in [0.2, 0.25) is 0 Å². The van der Waals surface area contributed by atoms with E-state index in [1.807, 2.05) is 0 Å². The quantitative estimate of drug-likeness (QED) is 0.899. The van der Waals surface area contributed by atoms with Crippen LogP contribution < -0.4 is 5.73 Å². The Morgan fingerprint density at radius 2 is 1.94 bits per heavy atom. The molecule has 2 rings (SSSR count). The van der Waals surface area contributed by atoms with Crippen LogP contribution in [0.1, 0.15) is 44.7 Å². The molecule has 1 saturated heterocycles. The Morgan fingerprint density at radius 3 is 2.44 bits per heavy atom. The summed E-state index contributed by atoms with van der Waals surface area (Å²) in [6, 6.07) is 9.33. The van der Waals surface area contributed by atoms with Gasteiger partial charge in [-0.25, -0.2) is 0 Å². The summed E-state index contributed by atoms with van der Waals surface area (Å²) in [6.07, 6.45) is 3.65. The standard InChI is InChI=1S/C16H25NS/c1-16(2,3)13-8-6-12(7-9-13)11-14(17)15-5-4-10-18-15/h6-9,14-15H,4-5,10-11,17H2,1-3H3. The van der Waals surface area contributed by atoms with Crippen LogP contribution in [-0.2, 0) is 11.8 Å². The van der Waals surface area contributed by atoms with E-state index in [0.29, 0.717) is 11.3 Å². The van der Waals surface area contributed by atoms with Crippen molar-refractivity contribution < 1.29 is 0 Å². The van der Waals surface area contributed by atoms with Crippen molar-refractivity contribution in [2.45, 2.75) is 56.7 Å². The van der Waals surface area contributed by atoms with Crippen molar-refractivity contribution >= 4 is 11.8 Å². The van der Waals surface area contributed by atoms with E-state index in [9.17, 15) is 0 Å². The Kier molecular flexibility index (Phi) is 4.39. The van der Waals surface area contributed by atoms with Crippen LogP contribution in [0, 0.1) is 0 Å². The van der Waals surface area contributed by atoms with E-state index in [1.165, 1.54) is 29.7 Å². The lowest BCUT2D eigenvalue weighted by atomic mass is 9.86. The highest BCUT2D eigenvalue weighted by Crippen LogP contribution is 2.29. The smallest absolute Gasteiger partial charge is 0.0202 e. The predicted molar refractivity (Wildman–Crippen MR) is 82.3 cm³/mol. The topological polar surface area (TPSA) is 26.0 Å². The fraction of sp³-hybridized carbons (Fsp3) is 0.625. The highest BCUT2D eigenvalue weighted by Gasteiger charge is 2.22. The fourth-order valence-electron chi connectivity index (χ4n) is 2.48. The number of rotatable bonds is 3. The first kappa shape index (κ1) is 14.0. The van der Waals surface area contributed by atoms with E-state index in [4.69, 9.17) is 5.73 Å². The van der Waals surface area contributed by atoms with Crippen molar-refractivity contribution in [2.75, 3.05) is 5.75 Å². The molecule has 2 unspecified atom stereocenters. The molecule has 0 radical (unpaired) electrons. The van der Waals surface area contributed by atoms with Crippen molar-refractivity contribution in [1.82, 2.24) is 0 Å². The largest absolute Gasteiger partial charge is 0.326 e. The molecule has 1 fully saturated rings. The second kappa shape index (κ2) is 5.66. The molecule has 18 heavy (non-hydrogen) atoms. The van der Waals surface area contributed by atoms with Crippen LogP contribution in [-0.4, -0.2) is 17.0 Å². The first-order valence-electron chi connectivity index (χ1n) is 6.93. The van der Waals surface area contributed by atoms with Crippen molar-refractivity contribution in [3.63, 3.8) is 0 Å². The number of nitrogens with two attached hydrogens (primary N) is 1. The van der Waals surface area contributed by atoms with Gasteiger partial charge in [-0.1, -0.05) is 45.0 Å². The average molecular weight is 263 g/mol. The molecule has 1 heterocycles. The summed E-state index contributed by atoms with van der Waals surface area (Å²) < 4.78 is 0. The third-order valence-electron chi connectivity index (χ3n) is 3.73. The molecule has 2 heteroatoms. The van der Waals surface area contributed by atoms with Gasteiger partial charge in [0.15, 0.2) is 0 Å². The van der Waals surface area contributed by atoms with Gasteiger partial charge in [-0.05, 0) is 41.6 Å². The highest BCUT2D eigenvalue weighted by molar-refractivity contribution is 8.00. The van der Waals surface area contributed by atoms with Gasteiger partial charge in [0.05, 0.1) is 0 Å². The third-order valence-corrected chi connectivity index (χ3v) is 5.27. The molecule has 1 aliphatic heterocycles. The van der Waals surface area contributed by atoms with Crippen LogP contribution in [0.2, 0.25) is 0 Å². The van der Waals surface area contributed by atoms with E-state index in [2.05, 4.69) is 56.8 Å². The summed E-state index contributed by atoms with van der Waals surface area (Å²) in [5, 5.41) is 0.673. The Hall–Kier alpha value is -0.470. The average Bonchev–Trinajstić information content (AvgIpc) is 2.82. The molecule has 0 spiro atoms. The minimum atomic E-state index is 0.238. The Morgan fingerprint density at radius 1 is 1.28 bits per heavy atom. The van der Waals surface area contributed by atoms with Gasteiger partial charge in [-0.3, -0.25) is 0 Å². The number of thioether (sulfide) groups is 1. The Balaban J connectivity index is 1.97. The summed E-state index contributed by atoms with van der Waals surface area (Å²) in [4.78, 5) is 0. The SMILES string of the molecule is CC(C)(C)c1ccc(CC(N)C2CCCS2)cc1. The first-order chi connectivity index (χ1) is 8.47. The predicted octanol–water partition coefficient (Wildman–Crippen LogP) is 3.75. The summed E-state index contributed by atoms with van der Waals surface area (Å²) in [7, 11) is 0. The number of hydrogen-bond donors (Lipinski definition) is 1. The third kappa shape index (κ3) is 3.52. The number of benzene rings is 1. The van der Waals surface area contributed by atoms with E-state index >= 15 is 0 Å². The summed E-state index contributed by atoms with van der Waals surface area (Å²) in [5.41, 5.74) is 9.33. The van der Waals surface area contributed by atoms with E-state index < -0.39 is 0 Å². The molecular formula is C16H25NS. The highest BCUT2D eigenvalue weighted by atomic mass is 32.2. The molecule has 0 amide bonds. The lowest BCUT2D eigenvalue weighted by Gasteiger charge is -2.21. The van der Waals surface area contributed by atoms with Crippen molar-refractivity contribution in [2.24, 2.45) is 5.73 Å². The van der Waals surface area contributed by atoms with Crippen LogP contribution in [0.25, 0.3) is 0 Å². The van der Waals surface area contributed by atoms with Crippen molar-refractivity contribution in [3.8, 4) is 0 Å². The van der Waals surface area contributed by atoms with Crippen LogP contribution >= 0.6 is 11.8 Å². The molecule has 0 saturated carbocycles. The van der Waals surface area contributed by atoms with E-state index in [0.717, 1.165) is 6.42 Å². The van der Waals surface area contributed by atoms with Crippen molar-refractivity contribution in [1.29, 1.82) is 0 Å². The molecule has 2 N–H and O–H groups in total. The van der Waals surface area contributed by atoms with E-state index in [1.54, 1.807) is 0 Å². The van der Waals surface area contributed by atoms with Gasteiger partial charge >= 0.3 is 0 Å². The molecule has 0 bridgehead atoms. The summed E-state index contributed by atoms with van der Waals surface area (Å²) in [5.74, 6) is 1.29. The maximum atomic E-state index is 6.31. The van der Waals surface area contributed by atoms with Gasteiger partial charge in [-0.15, -0.1) is 0 Å². The maximum Gasteiger partial charge on any atom is 0.0202 e. The zero-order valence-corrected chi connectivity index (χ0v) is 12.6. The normalized spacial score (nSPS) is 22.1. The van der Waals surface area contributed by atoms with Crippen LogP contribution in [0.5, 0.6) is 0 Å². The maximum absolute atomic E-state index is 6.31. The monoisotopic (exact) mass is 263 g/mol. The Labute approximate surface area is 116 Å². The van der Waals surface area contributed by atoms with Gasteiger partial charge < -0.3 is 5.73 Å². The molecule has 0 aromatic heterocycles. The first-order valence-corrected chi connectivity index (χ1v) is 7.98. The molecule has 1 nitrogen and oxygen atoms in total. The molecule has 2 atom stereocenters. The minimum absolute atomic E-state index is 0.238. The molecule has 100 valence electrons. The summed E-state index contributed by atoms with van der Waals surface area (Å²) >= 11 is 2.05. The molecule has 0 aliphatic carbocycles. The lowest BCUT2D eigenvalue weighted by Crippen LogP contribution is -2.33. The van der Waals surface area contributed by atoms with Crippen LogP contribution in [0.4, 0.5) is 0 Å². The molecule has 1 aliphatic rings. The zero-order chi connectivity index (χ0) is 13.2. The minimum Gasteiger partial charge on any atom is -0.326 e. The van der Waals surface area contributed by atoms with Crippen molar-refractivity contribution in [3.05, 3.63) is 35.4 Å². The lowest BCUT2D eigenvalue weighted by molar-refractivity contribution is 0.588. The van der Waals surface area contributed by atoms with E-state index in [-0.39, 0.29) is 5.41 Å².